The monoisotopic (exact) mass is 209 g/mol. The Kier molecular flexibility index (Phi) is 5.32. The summed E-state index contributed by atoms with van der Waals surface area (Å²) in [5, 5.41) is 0. The number of carbonyl (C=O) groups is 2. The molecule has 0 aromatic heterocycles. The van der Waals surface area contributed by atoms with E-state index in [1.54, 1.807) is 19.1 Å². The number of ketones is 1. The summed E-state index contributed by atoms with van der Waals surface area (Å²) in [7, 11) is 1.22. The van der Waals surface area contributed by atoms with Crippen molar-refractivity contribution in [1.82, 2.24) is 0 Å². The van der Waals surface area contributed by atoms with Crippen LogP contribution < -0.4 is 0 Å². The molecule has 0 saturated heterocycles. The molecule has 0 unspecified atom stereocenters. The number of Topliss-reactive ketones (excluding diaryl/α,β-unsaturated/α-hetero) is 1. The smallest absolute Gasteiger partial charge is 0.393 e. The molecule has 82 valence electrons. The van der Waals surface area contributed by atoms with Crippen LogP contribution in [0.3, 0.4) is 0 Å². The first kappa shape index (κ1) is 13.4. The van der Waals surface area contributed by atoms with Crippen molar-refractivity contribution in [2.24, 2.45) is 0 Å². The molecule has 4 heteroatoms. The van der Waals surface area contributed by atoms with Crippen LogP contribution in [0.1, 0.15) is 26.7 Å². The van der Waals surface area contributed by atoms with Gasteiger partial charge in [0.05, 0.1) is 20.0 Å². The van der Waals surface area contributed by atoms with Crippen LogP contribution >= 0.6 is 0 Å². The number of carbonyl (C=O) groups excluding carboxylic acids is 2. The van der Waals surface area contributed by atoms with Gasteiger partial charge in [0.15, 0.2) is 0 Å². The number of nitrogens with zero attached hydrogens (tertiary/aromatic N) is 1. The maximum absolute atomic E-state index is 11.5. The van der Waals surface area contributed by atoms with Crippen LogP contribution in [0.25, 0.3) is 4.85 Å². The van der Waals surface area contributed by atoms with E-state index in [-0.39, 0.29) is 18.6 Å². The van der Waals surface area contributed by atoms with E-state index >= 15 is 0 Å². The fourth-order valence-electron chi connectivity index (χ4n) is 1.27. The average molecular weight is 209 g/mol. The standard InChI is InChI=1S/C11H15NO3/c1-5-6-7-11(12-3,8-9(2)13)10(14)15-4/h5-6H,7-8H2,1-2,4H3/b6-5+/t11-/m1/s1. The van der Waals surface area contributed by atoms with Crippen LogP contribution in [0.4, 0.5) is 0 Å². The molecule has 0 fully saturated rings. The molecule has 1 atom stereocenters. The second kappa shape index (κ2) is 5.97. The van der Waals surface area contributed by atoms with Gasteiger partial charge in [0.25, 0.3) is 0 Å². The maximum atomic E-state index is 11.5. The number of ether oxygens (including phenoxy) is 1. The van der Waals surface area contributed by atoms with Gasteiger partial charge in [-0.3, -0.25) is 9.64 Å². The summed E-state index contributed by atoms with van der Waals surface area (Å²) in [6, 6.07) is 0. The van der Waals surface area contributed by atoms with E-state index in [2.05, 4.69) is 9.58 Å². The molecule has 0 radical (unpaired) electrons. The van der Waals surface area contributed by atoms with E-state index in [1.807, 2.05) is 0 Å². The fraction of sp³-hybridized carbons (Fsp3) is 0.545. The summed E-state index contributed by atoms with van der Waals surface area (Å²) < 4.78 is 4.57. The fourth-order valence-corrected chi connectivity index (χ4v) is 1.27. The van der Waals surface area contributed by atoms with E-state index < -0.39 is 11.5 Å². The molecule has 0 aliphatic carbocycles. The van der Waals surface area contributed by atoms with E-state index in [0.29, 0.717) is 0 Å². The molecule has 0 heterocycles. The number of hydrogen-bond donors (Lipinski definition) is 0. The van der Waals surface area contributed by atoms with Crippen LogP contribution in [0.15, 0.2) is 12.2 Å². The first-order valence-electron chi connectivity index (χ1n) is 4.60. The minimum Gasteiger partial charge on any atom is -0.463 e. The van der Waals surface area contributed by atoms with Crippen molar-refractivity contribution in [2.75, 3.05) is 7.11 Å². The molecule has 0 aromatic carbocycles. The van der Waals surface area contributed by atoms with Gasteiger partial charge in [-0.05, 0) is 13.8 Å². The van der Waals surface area contributed by atoms with Crippen LogP contribution in [0, 0.1) is 6.57 Å². The Bertz CT molecular complexity index is 314. The molecule has 0 spiro atoms. The van der Waals surface area contributed by atoms with E-state index in [0.717, 1.165) is 0 Å². The Morgan fingerprint density at radius 2 is 2.13 bits per heavy atom. The molecule has 0 aromatic rings. The molecule has 0 amide bonds. The summed E-state index contributed by atoms with van der Waals surface area (Å²) in [6.45, 7) is 10.2. The van der Waals surface area contributed by atoms with Gasteiger partial charge in [0.2, 0.25) is 0 Å². The Hall–Kier alpha value is -1.63. The lowest BCUT2D eigenvalue weighted by atomic mass is 9.90. The Morgan fingerprint density at radius 3 is 2.47 bits per heavy atom. The Labute approximate surface area is 89.7 Å². The number of esters is 1. The van der Waals surface area contributed by atoms with Gasteiger partial charge in [-0.2, -0.15) is 0 Å². The molecule has 0 rings (SSSR count). The van der Waals surface area contributed by atoms with Crippen molar-refractivity contribution in [1.29, 1.82) is 0 Å². The molecule has 0 aliphatic rings. The molecular weight excluding hydrogens is 194 g/mol. The van der Waals surface area contributed by atoms with Crippen LogP contribution in [0.5, 0.6) is 0 Å². The topological polar surface area (TPSA) is 47.7 Å². The van der Waals surface area contributed by atoms with Crippen molar-refractivity contribution in [2.45, 2.75) is 32.2 Å². The van der Waals surface area contributed by atoms with E-state index in [4.69, 9.17) is 6.57 Å². The third-order valence-electron chi connectivity index (χ3n) is 2.01. The highest BCUT2D eigenvalue weighted by atomic mass is 16.5. The lowest BCUT2D eigenvalue weighted by Crippen LogP contribution is -2.37. The summed E-state index contributed by atoms with van der Waals surface area (Å²) in [5.41, 5.74) is -1.38. The van der Waals surface area contributed by atoms with Gasteiger partial charge in [0, 0.05) is 0 Å². The normalized spacial score (nSPS) is 14.3. The first-order chi connectivity index (χ1) is 7.02. The molecule has 0 aliphatic heterocycles. The Morgan fingerprint density at radius 1 is 1.53 bits per heavy atom. The van der Waals surface area contributed by atoms with Gasteiger partial charge in [-0.15, -0.1) is 0 Å². The average Bonchev–Trinajstić information content (AvgIpc) is 2.22. The van der Waals surface area contributed by atoms with Crippen molar-refractivity contribution < 1.29 is 14.3 Å². The van der Waals surface area contributed by atoms with Crippen LogP contribution in [-0.2, 0) is 14.3 Å². The first-order valence-corrected chi connectivity index (χ1v) is 4.60. The maximum Gasteiger partial charge on any atom is 0.393 e. The van der Waals surface area contributed by atoms with Crippen molar-refractivity contribution in [3.63, 3.8) is 0 Å². The Balaban J connectivity index is 5.02. The highest BCUT2D eigenvalue weighted by Crippen LogP contribution is 2.24. The van der Waals surface area contributed by atoms with Gasteiger partial charge < -0.3 is 4.74 Å². The van der Waals surface area contributed by atoms with Gasteiger partial charge >= 0.3 is 11.5 Å². The van der Waals surface area contributed by atoms with Crippen molar-refractivity contribution in [3.05, 3.63) is 23.6 Å². The summed E-state index contributed by atoms with van der Waals surface area (Å²) in [6.07, 6.45) is 3.54. The summed E-state index contributed by atoms with van der Waals surface area (Å²) in [5.74, 6) is -0.841. The van der Waals surface area contributed by atoms with E-state index in [1.165, 1.54) is 14.0 Å². The lowest BCUT2D eigenvalue weighted by molar-refractivity contribution is -0.146. The largest absolute Gasteiger partial charge is 0.463 e. The minimum atomic E-state index is -1.38. The quantitative estimate of drug-likeness (QED) is 0.394. The van der Waals surface area contributed by atoms with Gasteiger partial charge in [-0.25, -0.2) is 11.4 Å². The highest BCUT2D eigenvalue weighted by molar-refractivity contribution is 5.90. The number of methoxy groups -OCH3 is 1. The van der Waals surface area contributed by atoms with Crippen molar-refractivity contribution >= 4 is 11.8 Å². The SMILES string of the molecule is [C-]#[N+][C@](C/C=C/C)(CC(C)=O)C(=O)OC. The zero-order valence-corrected chi connectivity index (χ0v) is 9.24. The van der Waals surface area contributed by atoms with Gasteiger partial charge in [0.1, 0.15) is 5.78 Å². The molecule has 0 bridgehead atoms. The third kappa shape index (κ3) is 3.55. The summed E-state index contributed by atoms with van der Waals surface area (Å²) in [4.78, 5) is 25.8. The molecular formula is C11H15NO3. The number of allylic oxidation sites excluding steroid dienone is 1. The van der Waals surface area contributed by atoms with Gasteiger partial charge in [-0.1, -0.05) is 12.2 Å². The molecule has 0 N–H and O–H groups in total. The molecule has 15 heavy (non-hydrogen) atoms. The second-order valence-electron chi connectivity index (χ2n) is 3.29. The van der Waals surface area contributed by atoms with Crippen LogP contribution in [0.2, 0.25) is 0 Å². The molecule has 0 saturated carbocycles. The lowest BCUT2D eigenvalue weighted by Gasteiger charge is -2.16. The zero-order chi connectivity index (χ0) is 11.9. The third-order valence-corrected chi connectivity index (χ3v) is 2.01. The number of hydrogen-bond acceptors (Lipinski definition) is 3. The molecule has 4 nitrogen and oxygen atoms in total. The van der Waals surface area contributed by atoms with E-state index in [9.17, 15) is 9.59 Å². The van der Waals surface area contributed by atoms with Crippen molar-refractivity contribution in [3.8, 4) is 0 Å². The number of rotatable bonds is 5. The second-order valence-corrected chi connectivity index (χ2v) is 3.29. The summed E-state index contributed by atoms with van der Waals surface area (Å²) >= 11 is 0. The van der Waals surface area contributed by atoms with Crippen LogP contribution in [-0.4, -0.2) is 24.4 Å². The predicted octanol–water partition coefficient (Wildman–Crippen LogP) is 1.76. The highest BCUT2D eigenvalue weighted by Gasteiger charge is 2.46. The predicted molar refractivity (Wildman–Crippen MR) is 56.1 cm³/mol. The minimum absolute atomic E-state index is 0.104. The zero-order valence-electron chi connectivity index (χ0n) is 9.24.